The number of methoxy groups -OCH3 is 1. The molecule has 1 unspecified atom stereocenters. The summed E-state index contributed by atoms with van der Waals surface area (Å²) in [7, 11) is -2.02. The first-order valence-corrected chi connectivity index (χ1v) is 8.34. The van der Waals surface area contributed by atoms with Gasteiger partial charge in [-0.05, 0) is 43.5 Å². The molecule has 1 atom stereocenters. The number of ether oxygens (including phenoxy) is 1. The van der Waals surface area contributed by atoms with Gasteiger partial charge >= 0.3 is 0 Å². The van der Waals surface area contributed by atoms with Gasteiger partial charge in [-0.2, -0.15) is 4.31 Å². The summed E-state index contributed by atoms with van der Waals surface area (Å²) in [5.41, 5.74) is 5.65. The highest BCUT2D eigenvalue weighted by molar-refractivity contribution is 7.89. The maximum absolute atomic E-state index is 12.6. The van der Waals surface area contributed by atoms with Crippen LogP contribution in [0, 0.1) is 5.92 Å². The average molecular weight is 319 g/mol. The van der Waals surface area contributed by atoms with Gasteiger partial charge in [0.05, 0.1) is 17.0 Å². The van der Waals surface area contributed by atoms with Gasteiger partial charge in [-0.25, -0.2) is 8.42 Å². The van der Waals surface area contributed by atoms with Crippen molar-refractivity contribution in [3.05, 3.63) is 23.2 Å². The summed E-state index contributed by atoms with van der Waals surface area (Å²) < 4.78 is 31.7. The molecule has 0 aliphatic carbocycles. The van der Waals surface area contributed by atoms with Crippen LogP contribution in [0.25, 0.3) is 0 Å². The van der Waals surface area contributed by atoms with Crippen LogP contribution < -0.4 is 10.5 Å². The molecule has 1 aliphatic rings. The third-order valence-electron chi connectivity index (χ3n) is 3.58. The van der Waals surface area contributed by atoms with E-state index in [9.17, 15) is 8.42 Å². The van der Waals surface area contributed by atoms with Crippen molar-refractivity contribution in [1.29, 1.82) is 0 Å². The summed E-state index contributed by atoms with van der Waals surface area (Å²) in [5.74, 6) is 0.691. The molecule has 0 radical (unpaired) electrons. The molecule has 112 valence electrons. The topological polar surface area (TPSA) is 72.6 Å². The number of benzene rings is 1. The molecule has 0 saturated carbocycles. The van der Waals surface area contributed by atoms with Gasteiger partial charge in [0.25, 0.3) is 0 Å². The normalized spacial score (nSPS) is 20.9. The van der Waals surface area contributed by atoms with Crippen molar-refractivity contribution in [2.24, 2.45) is 11.7 Å². The Kier molecular flexibility index (Phi) is 4.90. The van der Waals surface area contributed by atoms with Crippen LogP contribution in [-0.4, -0.2) is 39.5 Å². The standard InChI is InChI=1S/C13H19ClN2O3S/c1-19-13-5-4-11(7-12(13)14)20(17,18)16-6-2-3-10(8-15)9-16/h4-5,7,10H,2-3,6,8-9,15H2,1H3. The zero-order valence-electron chi connectivity index (χ0n) is 11.4. The summed E-state index contributed by atoms with van der Waals surface area (Å²) >= 11 is 6.00. The van der Waals surface area contributed by atoms with Crippen molar-refractivity contribution in [3.8, 4) is 5.75 Å². The summed E-state index contributed by atoms with van der Waals surface area (Å²) in [4.78, 5) is 0.195. The van der Waals surface area contributed by atoms with Gasteiger partial charge in [0, 0.05) is 13.1 Å². The van der Waals surface area contributed by atoms with Crippen LogP contribution >= 0.6 is 11.6 Å². The molecular formula is C13H19ClN2O3S. The van der Waals surface area contributed by atoms with E-state index in [1.165, 1.54) is 23.5 Å². The second kappa shape index (κ2) is 6.30. The molecule has 0 amide bonds. The molecule has 0 spiro atoms. The smallest absolute Gasteiger partial charge is 0.243 e. The lowest BCUT2D eigenvalue weighted by Gasteiger charge is -2.31. The highest BCUT2D eigenvalue weighted by atomic mass is 35.5. The van der Waals surface area contributed by atoms with Crippen LogP contribution in [0.3, 0.4) is 0 Å². The molecule has 1 aromatic rings. The summed E-state index contributed by atoms with van der Waals surface area (Å²) in [6, 6.07) is 4.52. The minimum Gasteiger partial charge on any atom is -0.495 e. The van der Waals surface area contributed by atoms with Crippen molar-refractivity contribution in [2.45, 2.75) is 17.7 Å². The van der Waals surface area contributed by atoms with E-state index in [2.05, 4.69) is 0 Å². The lowest BCUT2D eigenvalue weighted by atomic mass is 10.0. The average Bonchev–Trinajstić information content (AvgIpc) is 2.47. The highest BCUT2D eigenvalue weighted by Gasteiger charge is 2.30. The van der Waals surface area contributed by atoms with Crippen LogP contribution in [-0.2, 0) is 10.0 Å². The Labute approximate surface area is 124 Å². The fraction of sp³-hybridized carbons (Fsp3) is 0.538. The fourth-order valence-electron chi connectivity index (χ4n) is 2.39. The minimum atomic E-state index is -3.51. The monoisotopic (exact) mass is 318 g/mol. The third-order valence-corrected chi connectivity index (χ3v) is 5.73. The number of hydrogen-bond donors (Lipinski definition) is 1. The second-order valence-electron chi connectivity index (χ2n) is 4.90. The zero-order chi connectivity index (χ0) is 14.8. The number of nitrogens with two attached hydrogens (primary N) is 1. The van der Waals surface area contributed by atoms with Gasteiger partial charge in [-0.3, -0.25) is 0 Å². The van der Waals surface area contributed by atoms with E-state index >= 15 is 0 Å². The van der Waals surface area contributed by atoms with Gasteiger partial charge in [0.2, 0.25) is 10.0 Å². The number of hydrogen-bond acceptors (Lipinski definition) is 4. The van der Waals surface area contributed by atoms with E-state index in [0.29, 0.717) is 30.4 Å². The first-order chi connectivity index (χ1) is 9.48. The maximum atomic E-state index is 12.6. The van der Waals surface area contributed by atoms with E-state index in [1.807, 2.05) is 0 Å². The van der Waals surface area contributed by atoms with Crippen molar-refractivity contribution in [3.63, 3.8) is 0 Å². The summed E-state index contributed by atoms with van der Waals surface area (Å²) in [6.45, 7) is 1.51. The van der Waals surface area contributed by atoms with E-state index in [4.69, 9.17) is 22.1 Å². The summed E-state index contributed by atoms with van der Waals surface area (Å²) in [5, 5.41) is 0.293. The summed E-state index contributed by atoms with van der Waals surface area (Å²) in [6.07, 6.45) is 1.82. The molecule has 0 aromatic heterocycles. The highest BCUT2D eigenvalue weighted by Crippen LogP contribution is 2.29. The van der Waals surface area contributed by atoms with Crippen molar-refractivity contribution in [2.75, 3.05) is 26.7 Å². The van der Waals surface area contributed by atoms with Crippen molar-refractivity contribution >= 4 is 21.6 Å². The van der Waals surface area contributed by atoms with Crippen LogP contribution in [0.15, 0.2) is 23.1 Å². The van der Waals surface area contributed by atoms with Crippen LogP contribution in [0.4, 0.5) is 0 Å². The predicted molar refractivity (Wildman–Crippen MR) is 78.5 cm³/mol. The second-order valence-corrected chi connectivity index (χ2v) is 7.25. The molecule has 1 fully saturated rings. The molecule has 0 bridgehead atoms. The Morgan fingerprint density at radius 2 is 2.25 bits per heavy atom. The van der Waals surface area contributed by atoms with E-state index < -0.39 is 10.0 Å². The Balaban J connectivity index is 2.28. The quantitative estimate of drug-likeness (QED) is 0.917. The third kappa shape index (κ3) is 3.09. The Bertz CT molecular complexity index is 577. The molecule has 2 rings (SSSR count). The molecule has 5 nitrogen and oxygen atoms in total. The van der Waals surface area contributed by atoms with Gasteiger partial charge in [0.1, 0.15) is 5.75 Å². The number of piperidine rings is 1. The molecule has 1 aromatic carbocycles. The van der Waals surface area contributed by atoms with E-state index in [0.717, 1.165) is 12.8 Å². The molecule has 7 heteroatoms. The lowest BCUT2D eigenvalue weighted by Crippen LogP contribution is -2.41. The van der Waals surface area contributed by atoms with Crippen LogP contribution in [0.1, 0.15) is 12.8 Å². The molecule has 20 heavy (non-hydrogen) atoms. The maximum Gasteiger partial charge on any atom is 0.243 e. The Hall–Kier alpha value is -0.820. The van der Waals surface area contributed by atoms with Crippen molar-refractivity contribution < 1.29 is 13.2 Å². The molecular weight excluding hydrogens is 300 g/mol. The number of halogens is 1. The van der Waals surface area contributed by atoms with Gasteiger partial charge in [-0.1, -0.05) is 11.6 Å². The number of sulfonamides is 1. The first-order valence-electron chi connectivity index (χ1n) is 6.52. The lowest BCUT2D eigenvalue weighted by molar-refractivity contribution is 0.271. The first kappa shape index (κ1) is 15.6. The van der Waals surface area contributed by atoms with Gasteiger partial charge < -0.3 is 10.5 Å². The Morgan fingerprint density at radius 1 is 1.50 bits per heavy atom. The largest absolute Gasteiger partial charge is 0.495 e. The number of rotatable bonds is 4. The van der Waals surface area contributed by atoms with E-state index in [-0.39, 0.29) is 10.8 Å². The SMILES string of the molecule is COc1ccc(S(=O)(=O)N2CCCC(CN)C2)cc1Cl. The zero-order valence-corrected chi connectivity index (χ0v) is 13.0. The Morgan fingerprint density at radius 3 is 2.85 bits per heavy atom. The van der Waals surface area contributed by atoms with Gasteiger partial charge in [-0.15, -0.1) is 0 Å². The predicted octanol–water partition coefficient (Wildman–Crippen LogP) is 1.71. The van der Waals surface area contributed by atoms with Gasteiger partial charge in [0.15, 0.2) is 0 Å². The molecule has 1 saturated heterocycles. The van der Waals surface area contributed by atoms with Crippen LogP contribution in [0.2, 0.25) is 5.02 Å². The van der Waals surface area contributed by atoms with E-state index in [1.54, 1.807) is 6.07 Å². The molecule has 1 aliphatic heterocycles. The number of nitrogens with zero attached hydrogens (tertiary/aromatic N) is 1. The van der Waals surface area contributed by atoms with Crippen molar-refractivity contribution in [1.82, 2.24) is 4.31 Å². The molecule has 2 N–H and O–H groups in total. The molecule has 1 heterocycles. The minimum absolute atomic E-state index is 0.195. The van der Waals surface area contributed by atoms with Crippen LogP contribution in [0.5, 0.6) is 5.75 Å². The fourth-order valence-corrected chi connectivity index (χ4v) is 4.30.